The Morgan fingerprint density at radius 1 is 1.09 bits per heavy atom. The van der Waals surface area contributed by atoms with Gasteiger partial charge < -0.3 is 4.74 Å². The van der Waals surface area contributed by atoms with E-state index in [9.17, 15) is 13.2 Å². The number of rotatable bonds is 9. The van der Waals surface area contributed by atoms with Gasteiger partial charge in [0.2, 0.25) is 0 Å². The molecule has 3 rings (SSSR count). The van der Waals surface area contributed by atoms with Crippen molar-refractivity contribution in [3.8, 4) is 5.75 Å². The first-order valence-corrected chi connectivity index (χ1v) is 12.9. The highest BCUT2D eigenvalue weighted by Crippen LogP contribution is 2.32. The molecule has 0 saturated carbocycles. The van der Waals surface area contributed by atoms with Gasteiger partial charge in [0.05, 0.1) is 22.9 Å². The molecule has 34 heavy (non-hydrogen) atoms. The molecule has 1 N–H and O–H groups in total. The number of carbonyl (C=O) groups excluding carboxylic acids is 1. The van der Waals surface area contributed by atoms with Crippen LogP contribution in [-0.4, -0.2) is 33.2 Å². The Morgan fingerprint density at radius 3 is 2.47 bits per heavy atom. The Kier molecular flexibility index (Phi) is 8.71. The van der Waals surface area contributed by atoms with E-state index in [1.54, 1.807) is 38.1 Å². The van der Waals surface area contributed by atoms with Gasteiger partial charge in [0.1, 0.15) is 12.3 Å². The molecule has 7 nitrogen and oxygen atoms in total. The lowest BCUT2D eigenvalue weighted by Gasteiger charge is -2.25. The number of carbonyl (C=O) groups is 1. The lowest BCUT2D eigenvalue weighted by Crippen LogP contribution is -2.40. The highest BCUT2D eigenvalue weighted by molar-refractivity contribution is 9.10. The molecule has 178 valence electrons. The third-order valence-electron chi connectivity index (χ3n) is 4.71. The van der Waals surface area contributed by atoms with Gasteiger partial charge in [-0.25, -0.2) is 13.8 Å². The number of hydrogen-bond acceptors (Lipinski definition) is 5. The summed E-state index contributed by atoms with van der Waals surface area (Å²) in [5.41, 5.74) is 4.06. The van der Waals surface area contributed by atoms with Crippen molar-refractivity contribution in [2.45, 2.75) is 18.7 Å². The van der Waals surface area contributed by atoms with Crippen molar-refractivity contribution in [1.82, 2.24) is 5.43 Å². The van der Waals surface area contributed by atoms with Gasteiger partial charge in [0.25, 0.3) is 15.9 Å². The van der Waals surface area contributed by atoms with Gasteiger partial charge in [0.15, 0.2) is 0 Å². The quantitative estimate of drug-likeness (QED) is 0.285. The smallest absolute Gasteiger partial charge is 0.264 e. The van der Waals surface area contributed by atoms with Crippen LogP contribution in [0.1, 0.15) is 19.4 Å². The van der Waals surface area contributed by atoms with Gasteiger partial charge >= 0.3 is 0 Å². The second kappa shape index (κ2) is 11.5. The first-order valence-electron chi connectivity index (χ1n) is 10.3. The molecule has 0 heterocycles. The number of nitrogens with one attached hydrogen (secondary N) is 1. The van der Waals surface area contributed by atoms with Crippen molar-refractivity contribution in [2.75, 3.05) is 17.5 Å². The van der Waals surface area contributed by atoms with E-state index in [0.29, 0.717) is 23.1 Å². The fourth-order valence-corrected chi connectivity index (χ4v) is 5.02. The van der Waals surface area contributed by atoms with Crippen molar-refractivity contribution >= 4 is 54.9 Å². The number of sulfonamides is 1. The molecule has 0 aromatic heterocycles. The number of hydrogen-bond donors (Lipinski definition) is 1. The first-order chi connectivity index (χ1) is 16.2. The van der Waals surface area contributed by atoms with E-state index in [4.69, 9.17) is 16.3 Å². The summed E-state index contributed by atoms with van der Waals surface area (Å²) in [5.74, 6) is -0.276. The zero-order chi connectivity index (χ0) is 24.7. The second-order valence-electron chi connectivity index (χ2n) is 7.11. The van der Waals surface area contributed by atoms with E-state index < -0.39 is 22.5 Å². The molecular formula is C24H23BrClN3O4S. The Bertz CT molecular complexity index is 1300. The van der Waals surface area contributed by atoms with Crippen molar-refractivity contribution in [3.05, 3.63) is 87.9 Å². The van der Waals surface area contributed by atoms with Crippen LogP contribution in [-0.2, 0) is 14.8 Å². The van der Waals surface area contributed by atoms with E-state index in [0.717, 1.165) is 14.3 Å². The monoisotopic (exact) mass is 563 g/mol. The fourth-order valence-electron chi connectivity index (χ4n) is 3.06. The molecule has 0 aliphatic rings. The molecule has 0 aliphatic heterocycles. The number of nitrogens with zero attached hydrogens (tertiary/aromatic N) is 2. The summed E-state index contributed by atoms with van der Waals surface area (Å²) >= 11 is 9.33. The maximum Gasteiger partial charge on any atom is 0.264 e. The first kappa shape index (κ1) is 25.7. The standard InChI is InChI=1S/C24H23BrClN3O4S/c1-3-33-23-10-5-4-9-22(23)29(34(31,32)21-13-11-20(26)12-14-21)16-24(30)28-27-17(2)18-7-6-8-19(25)15-18/h4-15H,3,16H2,1-2H3,(H,28,30)/b27-17-. The number of amides is 1. The molecule has 0 unspecified atom stereocenters. The lowest BCUT2D eigenvalue weighted by molar-refractivity contribution is -0.119. The Morgan fingerprint density at radius 2 is 1.79 bits per heavy atom. The van der Waals surface area contributed by atoms with Gasteiger partial charge in [0, 0.05) is 9.50 Å². The van der Waals surface area contributed by atoms with Crippen LogP contribution in [0.25, 0.3) is 0 Å². The summed E-state index contributed by atoms with van der Waals surface area (Å²) in [5, 5.41) is 4.53. The molecule has 1 amide bonds. The van der Waals surface area contributed by atoms with Crippen molar-refractivity contribution < 1.29 is 17.9 Å². The van der Waals surface area contributed by atoms with E-state index in [2.05, 4.69) is 26.5 Å². The molecule has 0 atom stereocenters. The van der Waals surface area contributed by atoms with Gasteiger partial charge in [-0.2, -0.15) is 5.10 Å². The van der Waals surface area contributed by atoms with Crippen molar-refractivity contribution in [2.24, 2.45) is 5.10 Å². The minimum Gasteiger partial charge on any atom is -0.492 e. The maximum absolute atomic E-state index is 13.5. The summed E-state index contributed by atoms with van der Waals surface area (Å²) in [7, 11) is -4.12. The average Bonchev–Trinajstić information content (AvgIpc) is 2.82. The number of ether oxygens (including phenoxy) is 1. The molecule has 3 aromatic carbocycles. The Labute approximate surface area is 212 Å². The summed E-state index contributed by atoms with van der Waals surface area (Å²) in [4.78, 5) is 12.8. The second-order valence-corrected chi connectivity index (χ2v) is 10.3. The van der Waals surface area contributed by atoms with Gasteiger partial charge in [-0.05, 0) is 67.9 Å². The Hall–Kier alpha value is -2.88. The number of para-hydroxylation sites is 2. The predicted octanol–water partition coefficient (Wildman–Crippen LogP) is 5.24. The highest BCUT2D eigenvalue weighted by Gasteiger charge is 2.29. The molecule has 3 aromatic rings. The zero-order valence-electron chi connectivity index (χ0n) is 18.5. The van der Waals surface area contributed by atoms with E-state index in [1.807, 2.05) is 24.3 Å². The van der Waals surface area contributed by atoms with Crippen LogP contribution in [0.2, 0.25) is 5.02 Å². The van der Waals surface area contributed by atoms with E-state index in [1.165, 1.54) is 24.3 Å². The number of benzene rings is 3. The summed E-state index contributed by atoms with van der Waals surface area (Å²) in [6, 6.07) is 19.8. The molecule has 0 bridgehead atoms. The van der Waals surface area contributed by atoms with Gasteiger partial charge in [-0.3, -0.25) is 9.10 Å². The van der Waals surface area contributed by atoms with Crippen LogP contribution in [0.3, 0.4) is 0 Å². The average molecular weight is 565 g/mol. The SMILES string of the molecule is CCOc1ccccc1N(CC(=O)N/N=C(/C)c1cccc(Br)c1)S(=O)(=O)c1ccc(Cl)cc1. The molecule has 0 spiro atoms. The largest absolute Gasteiger partial charge is 0.492 e. The van der Waals surface area contributed by atoms with Crippen molar-refractivity contribution in [1.29, 1.82) is 0 Å². The minimum atomic E-state index is -4.12. The van der Waals surface area contributed by atoms with Crippen LogP contribution >= 0.6 is 27.5 Å². The maximum atomic E-state index is 13.5. The topological polar surface area (TPSA) is 88.1 Å². The minimum absolute atomic E-state index is 0.00943. The van der Waals surface area contributed by atoms with Crippen LogP contribution in [0.4, 0.5) is 5.69 Å². The van der Waals surface area contributed by atoms with E-state index >= 15 is 0 Å². The van der Waals surface area contributed by atoms with Crippen LogP contribution in [0, 0.1) is 0 Å². The van der Waals surface area contributed by atoms with Gasteiger partial charge in [-0.1, -0.05) is 51.8 Å². The fraction of sp³-hybridized carbons (Fsp3) is 0.167. The van der Waals surface area contributed by atoms with Crippen LogP contribution in [0.15, 0.2) is 87.3 Å². The third-order valence-corrected chi connectivity index (χ3v) is 7.23. The Balaban J connectivity index is 1.93. The molecular weight excluding hydrogens is 542 g/mol. The molecule has 0 radical (unpaired) electrons. The number of halogens is 2. The third kappa shape index (κ3) is 6.37. The molecule has 0 fully saturated rings. The molecule has 0 aliphatic carbocycles. The normalized spacial score (nSPS) is 11.7. The van der Waals surface area contributed by atoms with Gasteiger partial charge in [-0.15, -0.1) is 0 Å². The number of anilines is 1. The number of hydrazone groups is 1. The van der Waals surface area contributed by atoms with Crippen LogP contribution < -0.4 is 14.5 Å². The highest BCUT2D eigenvalue weighted by atomic mass is 79.9. The van der Waals surface area contributed by atoms with Crippen molar-refractivity contribution in [3.63, 3.8) is 0 Å². The predicted molar refractivity (Wildman–Crippen MR) is 138 cm³/mol. The zero-order valence-corrected chi connectivity index (χ0v) is 21.7. The van der Waals surface area contributed by atoms with E-state index in [-0.39, 0.29) is 10.6 Å². The summed E-state index contributed by atoms with van der Waals surface area (Å²) in [6.45, 7) is 3.36. The van der Waals surface area contributed by atoms with Crippen LogP contribution in [0.5, 0.6) is 5.75 Å². The summed E-state index contributed by atoms with van der Waals surface area (Å²) in [6.07, 6.45) is 0. The lowest BCUT2D eigenvalue weighted by atomic mass is 10.1. The molecule has 10 heteroatoms. The summed E-state index contributed by atoms with van der Waals surface area (Å²) < 4.78 is 34.6. The molecule has 0 saturated heterocycles.